The van der Waals surface area contributed by atoms with Crippen molar-refractivity contribution in [3.63, 3.8) is 0 Å². The van der Waals surface area contributed by atoms with E-state index in [1.165, 1.54) is 7.11 Å². The number of nitrogens with zero attached hydrogens (tertiary/aromatic N) is 3. The van der Waals surface area contributed by atoms with E-state index in [-0.39, 0.29) is 17.9 Å². The van der Waals surface area contributed by atoms with Gasteiger partial charge in [-0.05, 0) is 35.4 Å². The normalized spacial score (nSPS) is 16.0. The Kier molecular flexibility index (Phi) is 7.26. The molecule has 38 heavy (non-hydrogen) atoms. The van der Waals surface area contributed by atoms with Crippen LogP contribution in [0.15, 0.2) is 67.3 Å². The third kappa shape index (κ3) is 5.18. The van der Waals surface area contributed by atoms with Crippen LogP contribution in [0.4, 0.5) is 4.79 Å². The molecule has 196 valence electrons. The first-order chi connectivity index (χ1) is 18.4. The molecule has 0 radical (unpaired) electrons. The quantitative estimate of drug-likeness (QED) is 0.316. The highest BCUT2D eigenvalue weighted by Gasteiger charge is 2.37. The molecule has 9 nitrogen and oxygen atoms in total. The first-order valence-electron chi connectivity index (χ1n) is 12.8. The zero-order valence-electron chi connectivity index (χ0n) is 21.8. The second-order valence-corrected chi connectivity index (χ2v) is 9.84. The summed E-state index contributed by atoms with van der Waals surface area (Å²) in [4.78, 5) is 42.3. The van der Waals surface area contributed by atoms with Gasteiger partial charge in [-0.3, -0.25) is 4.79 Å². The van der Waals surface area contributed by atoms with Gasteiger partial charge in [-0.1, -0.05) is 62.4 Å². The zero-order chi connectivity index (χ0) is 26.6. The van der Waals surface area contributed by atoms with Crippen molar-refractivity contribution >= 4 is 12.0 Å². The fourth-order valence-electron chi connectivity index (χ4n) is 4.94. The average Bonchev–Trinajstić information content (AvgIpc) is 3.73. The largest absolute Gasteiger partial charge is 0.453 e. The Labute approximate surface area is 221 Å². The SMILES string of the molecule is COC(=O)NC(C(=O)N1CCCC1c1nc(-c2ccc(-c3ccc(-c4cnc[nH]4)cc3)cc2)c[nH]1)C(C)C. The number of alkyl carbamates (subject to hydrolysis) is 1. The lowest BCUT2D eigenvalue weighted by molar-refractivity contribution is -0.135. The molecule has 2 aromatic carbocycles. The molecule has 0 spiro atoms. The van der Waals surface area contributed by atoms with Crippen LogP contribution in [0.1, 0.15) is 38.6 Å². The summed E-state index contributed by atoms with van der Waals surface area (Å²) in [6, 6.07) is 15.8. The molecule has 0 saturated carbocycles. The summed E-state index contributed by atoms with van der Waals surface area (Å²) in [5.74, 6) is 0.564. The number of hydrogen-bond acceptors (Lipinski definition) is 5. The van der Waals surface area contributed by atoms with Crippen molar-refractivity contribution in [2.75, 3.05) is 13.7 Å². The second-order valence-electron chi connectivity index (χ2n) is 9.84. The van der Waals surface area contributed by atoms with Gasteiger partial charge in [0.25, 0.3) is 0 Å². The van der Waals surface area contributed by atoms with Crippen molar-refractivity contribution in [3.8, 4) is 33.6 Å². The minimum absolute atomic E-state index is 0.0739. The number of benzene rings is 2. The number of hydrogen-bond donors (Lipinski definition) is 3. The smallest absolute Gasteiger partial charge is 0.407 e. The predicted octanol–water partition coefficient (Wildman–Crippen LogP) is 5.18. The summed E-state index contributed by atoms with van der Waals surface area (Å²) in [6.07, 6.45) is 6.46. The summed E-state index contributed by atoms with van der Waals surface area (Å²) >= 11 is 0. The van der Waals surface area contributed by atoms with Gasteiger partial charge in [0.05, 0.1) is 37.1 Å². The molecule has 2 amide bonds. The molecule has 0 aliphatic carbocycles. The molecule has 1 aliphatic heterocycles. The van der Waals surface area contributed by atoms with Gasteiger partial charge in [0.2, 0.25) is 5.91 Å². The van der Waals surface area contributed by atoms with Crippen LogP contribution in [0.2, 0.25) is 0 Å². The zero-order valence-corrected chi connectivity index (χ0v) is 21.8. The Morgan fingerprint density at radius 1 is 1.00 bits per heavy atom. The minimum atomic E-state index is -0.654. The molecule has 1 aliphatic rings. The number of rotatable bonds is 7. The third-order valence-electron chi connectivity index (χ3n) is 7.05. The molecule has 0 bridgehead atoms. The van der Waals surface area contributed by atoms with E-state index < -0.39 is 12.1 Å². The van der Waals surface area contributed by atoms with Gasteiger partial charge < -0.3 is 24.9 Å². The van der Waals surface area contributed by atoms with E-state index in [9.17, 15) is 9.59 Å². The summed E-state index contributed by atoms with van der Waals surface area (Å²) in [6.45, 7) is 4.44. The van der Waals surface area contributed by atoms with Gasteiger partial charge in [0.1, 0.15) is 11.9 Å². The van der Waals surface area contributed by atoms with Gasteiger partial charge in [0, 0.05) is 18.3 Å². The lowest BCUT2D eigenvalue weighted by atomic mass is 10.0. The van der Waals surface area contributed by atoms with Gasteiger partial charge >= 0.3 is 6.09 Å². The standard InChI is InChI=1S/C29H32N6O3/c1-18(2)26(34-29(37)38-3)28(36)35-14-4-5-25(35)27-31-16-24(33-27)22-12-8-20(9-13-22)19-6-10-21(11-7-19)23-15-30-17-32-23/h6-13,15-18,25-26H,4-5,14H2,1-3H3,(H,30,32)(H,31,33)(H,34,37). The number of methoxy groups -OCH3 is 1. The first kappa shape index (κ1) is 25.3. The number of likely N-dealkylation sites (tertiary alicyclic amines) is 1. The monoisotopic (exact) mass is 512 g/mol. The number of carbonyl (C=O) groups excluding carboxylic acids is 2. The molecule has 3 N–H and O–H groups in total. The van der Waals surface area contributed by atoms with Crippen molar-refractivity contribution in [2.24, 2.45) is 5.92 Å². The summed E-state index contributed by atoms with van der Waals surface area (Å²) < 4.78 is 4.72. The summed E-state index contributed by atoms with van der Waals surface area (Å²) in [5.41, 5.74) is 6.14. The van der Waals surface area contributed by atoms with Gasteiger partial charge in [-0.2, -0.15) is 0 Å². The Morgan fingerprint density at radius 3 is 2.26 bits per heavy atom. The molecule has 9 heteroatoms. The van der Waals surface area contributed by atoms with E-state index in [4.69, 9.17) is 9.72 Å². The second kappa shape index (κ2) is 10.9. The van der Waals surface area contributed by atoms with Crippen LogP contribution >= 0.6 is 0 Å². The van der Waals surface area contributed by atoms with E-state index in [1.807, 2.05) is 31.1 Å². The number of H-pyrrole nitrogens is 2. The first-order valence-corrected chi connectivity index (χ1v) is 12.8. The highest BCUT2D eigenvalue weighted by Crippen LogP contribution is 2.33. The van der Waals surface area contributed by atoms with Crippen molar-refractivity contribution in [2.45, 2.75) is 38.8 Å². The molecule has 2 atom stereocenters. The molecule has 2 aromatic heterocycles. The maximum absolute atomic E-state index is 13.4. The molecule has 4 aromatic rings. The molecule has 2 unspecified atom stereocenters. The predicted molar refractivity (Wildman–Crippen MR) is 145 cm³/mol. The van der Waals surface area contributed by atoms with Crippen molar-refractivity contribution < 1.29 is 14.3 Å². The van der Waals surface area contributed by atoms with Gasteiger partial charge in [-0.15, -0.1) is 0 Å². The summed E-state index contributed by atoms with van der Waals surface area (Å²) in [5, 5.41) is 2.69. The number of amides is 2. The number of imidazole rings is 2. The highest BCUT2D eigenvalue weighted by atomic mass is 16.5. The van der Waals surface area contributed by atoms with Gasteiger partial charge in [0.15, 0.2) is 0 Å². The lowest BCUT2D eigenvalue weighted by Crippen LogP contribution is -2.51. The van der Waals surface area contributed by atoms with Crippen molar-refractivity contribution in [3.05, 3.63) is 73.1 Å². The fourth-order valence-corrected chi connectivity index (χ4v) is 4.94. The number of ether oxygens (including phenoxy) is 1. The molecule has 1 saturated heterocycles. The van der Waals surface area contributed by atoms with Crippen LogP contribution in [0, 0.1) is 5.92 Å². The number of carbonyl (C=O) groups is 2. The summed E-state index contributed by atoms with van der Waals surface area (Å²) in [7, 11) is 1.30. The molecule has 3 heterocycles. The molecular formula is C29H32N6O3. The van der Waals surface area contributed by atoms with Crippen LogP contribution < -0.4 is 5.32 Å². The maximum Gasteiger partial charge on any atom is 0.407 e. The lowest BCUT2D eigenvalue weighted by Gasteiger charge is -2.29. The Morgan fingerprint density at radius 2 is 1.66 bits per heavy atom. The third-order valence-corrected chi connectivity index (χ3v) is 7.05. The molecular weight excluding hydrogens is 480 g/mol. The Bertz CT molecular complexity index is 1380. The maximum atomic E-state index is 13.4. The average molecular weight is 513 g/mol. The van der Waals surface area contributed by atoms with Crippen molar-refractivity contribution in [1.29, 1.82) is 0 Å². The van der Waals surface area contributed by atoms with Crippen LogP contribution in [0.3, 0.4) is 0 Å². The van der Waals surface area contributed by atoms with E-state index >= 15 is 0 Å². The Balaban J connectivity index is 1.30. The molecule has 5 rings (SSSR count). The van der Waals surface area contributed by atoms with Crippen molar-refractivity contribution in [1.82, 2.24) is 30.2 Å². The molecule has 1 fully saturated rings. The van der Waals surface area contributed by atoms with E-state index in [0.29, 0.717) is 6.54 Å². The number of nitrogens with one attached hydrogen (secondary N) is 3. The van der Waals surface area contributed by atoms with E-state index in [2.05, 4.69) is 68.8 Å². The number of aromatic nitrogens is 4. The van der Waals surface area contributed by atoms with E-state index in [1.54, 1.807) is 6.33 Å². The van der Waals surface area contributed by atoms with Gasteiger partial charge in [-0.25, -0.2) is 14.8 Å². The van der Waals surface area contributed by atoms with Crippen LogP contribution in [0.5, 0.6) is 0 Å². The topological polar surface area (TPSA) is 116 Å². The highest BCUT2D eigenvalue weighted by molar-refractivity contribution is 5.86. The minimum Gasteiger partial charge on any atom is -0.453 e. The van der Waals surface area contributed by atoms with Crippen LogP contribution in [-0.4, -0.2) is 56.5 Å². The van der Waals surface area contributed by atoms with Crippen LogP contribution in [0.25, 0.3) is 33.6 Å². The Hall–Kier alpha value is -4.40. The number of aromatic amines is 2. The van der Waals surface area contributed by atoms with Crippen LogP contribution in [-0.2, 0) is 9.53 Å². The van der Waals surface area contributed by atoms with E-state index in [0.717, 1.165) is 52.3 Å². The fraction of sp³-hybridized carbons (Fsp3) is 0.310.